The fourth-order valence-electron chi connectivity index (χ4n) is 3.21. The van der Waals surface area contributed by atoms with E-state index in [4.69, 9.17) is 5.11 Å². The predicted octanol–water partition coefficient (Wildman–Crippen LogP) is 2.39. The molecule has 1 aliphatic rings. The third kappa shape index (κ3) is 3.97. The minimum Gasteiger partial charge on any atom is -0.481 e. The lowest BCUT2D eigenvalue weighted by atomic mass is 9.82. The summed E-state index contributed by atoms with van der Waals surface area (Å²) < 4.78 is 15.5. The van der Waals surface area contributed by atoms with Crippen molar-refractivity contribution in [3.63, 3.8) is 0 Å². The second kappa shape index (κ2) is 7.53. The molecule has 0 aliphatic heterocycles. The van der Waals surface area contributed by atoms with Crippen molar-refractivity contribution < 1.29 is 14.3 Å². The molecule has 0 amide bonds. The molecule has 1 heterocycles. The van der Waals surface area contributed by atoms with Gasteiger partial charge in [0.1, 0.15) is 24.2 Å². The molecule has 0 bridgehead atoms. The Morgan fingerprint density at radius 1 is 1.33 bits per heavy atom. The van der Waals surface area contributed by atoms with Gasteiger partial charge in [-0.1, -0.05) is 6.07 Å². The summed E-state index contributed by atoms with van der Waals surface area (Å²) in [6.45, 7) is 1.42. The molecule has 1 fully saturated rings. The number of benzene rings is 1. The van der Waals surface area contributed by atoms with Gasteiger partial charge < -0.3 is 10.4 Å². The first-order valence-electron chi connectivity index (χ1n) is 8.20. The Kier molecular flexibility index (Phi) is 5.20. The minimum atomic E-state index is -0.677. The Bertz CT molecular complexity index is 682. The van der Waals surface area contributed by atoms with Crippen LogP contribution in [0.4, 0.5) is 4.39 Å². The zero-order chi connectivity index (χ0) is 16.9. The molecule has 0 unspecified atom stereocenters. The highest BCUT2D eigenvalue weighted by Crippen LogP contribution is 2.28. The van der Waals surface area contributed by atoms with Crippen LogP contribution >= 0.6 is 0 Å². The van der Waals surface area contributed by atoms with Crippen LogP contribution in [0.25, 0.3) is 5.69 Å². The van der Waals surface area contributed by atoms with Crippen LogP contribution in [0.1, 0.15) is 31.2 Å². The van der Waals surface area contributed by atoms with E-state index >= 15 is 0 Å². The molecular formula is C17H21FN4O2. The largest absolute Gasteiger partial charge is 0.481 e. The Morgan fingerprint density at radius 2 is 2.12 bits per heavy atom. The van der Waals surface area contributed by atoms with Crippen LogP contribution in [0.2, 0.25) is 0 Å². The van der Waals surface area contributed by atoms with Crippen molar-refractivity contribution in [2.45, 2.75) is 32.2 Å². The van der Waals surface area contributed by atoms with Gasteiger partial charge in [-0.05, 0) is 55.8 Å². The van der Waals surface area contributed by atoms with Crippen molar-refractivity contribution in [1.82, 2.24) is 20.1 Å². The number of halogens is 1. The van der Waals surface area contributed by atoms with Crippen LogP contribution in [0, 0.1) is 17.7 Å². The molecule has 3 rings (SSSR count). The van der Waals surface area contributed by atoms with Crippen molar-refractivity contribution in [3.8, 4) is 5.69 Å². The van der Waals surface area contributed by atoms with E-state index in [1.807, 2.05) is 6.07 Å². The third-order valence-electron chi connectivity index (χ3n) is 4.64. The number of aliphatic carboxylic acids is 1. The molecule has 6 nitrogen and oxygen atoms in total. The molecule has 2 N–H and O–H groups in total. The van der Waals surface area contributed by atoms with Crippen molar-refractivity contribution in [2.24, 2.45) is 11.8 Å². The molecule has 24 heavy (non-hydrogen) atoms. The first-order chi connectivity index (χ1) is 11.6. The van der Waals surface area contributed by atoms with Crippen molar-refractivity contribution in [3.05, 3.63) is 42.2 Å². The quantitative estimate of drug-likeness (QED) is 0.849. The molecule has 1 aromatic carbocycles. The van der Waals surface area contributed by atoms with Gasteiger partial charge in [-0.3, -0.25) is 4.79 Å². The number of aromatic nitrogens is 3. The summed E-state index contributed by atoms with van der Waals surface area (Å²) in [5.41, 5.74) is 1.25. The van der Waals surface area contributed by atoms with Gasteiger partial charge in [0.05, 0.1) is 5.92 Å². The average Bonchev–Trinajstić information content (AvgIpc) is 3.10. The zero-order valence-corrected chi connectivity index (χ0v) is 13.4. The van der Waals surface area contributed by atoms with Crippen LogP contribution in [0.3, 0.4) is 0 Å². The van der Waals surface area contributed by atoms with Gasteiger partial charge in [-0.15, -0.1) is 0 Å². The van der Waals surface area contributed by atoms with Crippen LogP contribution in [0.15, 0.2) is 30.9 Å². The van der Waals surface area contributed by atoms with E-state index in [-0.39, 0.29) is 11.7 Å². The summed E-state index contributed by atoms with van der Waals surface area (Å²) in [4.78, 5) is 14.8. The number of hydrogen-bond acceptors (Lipinski definition) is 4. The lowest BCUT2D eigenvalue weighted by molar-refractivity contribution is -0.143. The van der Waals surface area contributed by atoms with Crippen LogP contribution in [-0.2, 0) is 11.3 Å². The summed E-state index contributed by atoms with van der Waals surface area (Å²) >= 11 is 0. The number of nitrogens with one attached hydrogen (secondary N) is 1. The van der Waals surface area contributed by atoms with Crippen molar-refractivity contribution in [2.75, 3.05) is 6.54 Å². The second-order valence-corrected chi connectivity index (χ2v) is 6.31. The molecule has 7 heteroatoms. The van der Waals surface area contributed by atoms with E-state index in [1.165, 1.54) is 23.4 Å². The normalized spacial score (nSPS) is 20.9. The maximum absolute atomic E-state index is 14.1. The maximum Gasteiger partial charge on any atom is 0.306 e. The molecule has 1 aromatic heterocycles. The van der Waals surface area contributed by atoms with Gasteiger partial charge in [0, 0.05) is 6.54 Å². The number of carboxylic acids is 1. The lowest BCUT2D eigenvalue weighted by Crippen LogP contribution is -2.28. The average molecular weight is 332 g/mol. The van der Waals surface area contributed by atoms with Gasteiger partial charge >= 0.3 is 5.97 Å². The fraction of sp³-hybridized carbons (Fsp3) is 0.471. The molecule has 2 aromatic rings. The van der Waals surface area contributed by atoms with Gasteiger partial charge in [-0.2, -0.15) is 5.10 Å². The smallest absolute Gasteiger partial charge is 0.306 e. The van der Waals surface area contributed by atoms with Gasteiger partial charge in [0.15, 0.2) is 0 Å². The number of carbonyl (C=O) groups is 1. The van der Waals surface area contributed by atoms with Crippen LogP contribution in [-0.4, -0.2) is 32.4 Å². The van der Waals surface area contributed by atoms with E-state index in [0.717, 1.165) is 37.8 Å². The number of carboxylic acid groups (broad SMARTS) is 1. The van der Waals surface area contributed by atoms with Gasteiger partial charge in [0.25, 0.3) is 0 Å². The summed E-state index contributed by atoms with van der Waals surface area (Å²) in [6.07, 6.45) is 6.21. The summed E-state index contributed by atoms with van der Waals surface area (Å²) in [7, 11) is 0. The molecular weight excluding hydrogens is 311 g/mol. The Labute approximate surface area is 139 Å². The SMILES string of the molecule is O=C(O)C1CCC(CNCc2ccc(-n3cncn3)c(F)c2)CC1. The van der Waals surface area contributed by atoms with E-state index in [9.17, 15) is 9.18 Å². The first-order valence-corrected chi connectivity index (χ1v) is 8.20. The van der Waals surface area contributed by atoms with E-state index in [0.29, 0.717) is 18.2 Å². The molecule has 1 saturated carbocycles. The lowest BCUT2D eigenvalue weighted by Gasteiger charge is -2.26. The monoisotopic (exact) mass is 332 g/mol. The van der Waals surface area contributed by atoms with Crippen LogP contribution in [0.5, 0.6) is 0 Å². The highest BCUT2D eigenvalue weighted by atomic mass is 19.1. The Morgan fingerprint density at radius 3 is 2.75 bits per heavy atom. The maximum atomic E-state index is 14.1. The fourth-order valence-corrected chi connectivity index (χ4v) is 3.21. The second-order valence-electron chi connectivity index (χ2n) is 6.31. The Balaban J connectivity index is 1.47. The molecule has 0 saturated heterocycles. The number of hydrogen-bond donors (Lipinski definition) is 2. The molecule has 0 radical (unpaired) electrons. The van der Waals surface area contributed by atoms with E-state index in [2.05, 4.69) is 15.4 Å². The standard InChI is InChI=1S/C17H21FN4O2/c18-15-7-13(3-6-16(15)22-11-20-10-21-22)9-19-8-12-1-4-14(5-2-12)17(23)24/h3,6-7,10-12,14,19H,1-2,4-5,8-9H2,(H,23,24). The van der Waals surface area contributed by atoms with Crippen LogP contribution < -0.4 is 5.32 Å². The summed E-state index contributed by atoms with van der Waals surface area (Å²) in [5, 5.41) is 16.3. The molecule has 128 valence electrons. The highest BCUT2D eigenvalue weighted by molar-refractivity contribution is 5.69. The van der Waals surface area contributed by atoms with Gasteiger partial charge in [0.2, 0.25) is 0 Å². The third-order valence-corrected chi connectivity index (χ3v) is 4.64. The molecule has 0 spiro atoms. The molecule has 0 atom stereocenters. The van der Waals surface area contributed by atoms with Crippen molar-refractivity contribution >= 4 is 5.97 Å². The summed E-state index contributed by atoms with van der Waals surface area (Å²) in [5.74, 6) is -0.689. The number of nitrogens with zero attached hydrogens (tertiary/aromatic N) is 3. The Hall–Kier alpha value is -2.28. The summed E-state index contributed by atoms with van der Waals surface area (Å²) in [6, 6.07) is 5.07. The minimum absolute atomic E-state index is 0.181. The molecule has 1 aliphatic carbocycles. The number of rotatable bonds is 6. The van der Waals surface area contributed by atoms with E-state index in [1.54, 1.807) is 6.07 Å². The predicted molar refractivity (Wildman–Crippen MR) is 86.1 cm³/mol. The highest BCUT2D eigenvalue weighted by Gasteiger charge is 2.25. The van der Waals surface area contributed by atoms with Crippen molar-refractivity contribution in [1.29, 1.82) is 0 Å². The van der Waals surface area contributed by atoms with E-state index < -0.39 is 5.97 Å². The topological polar surface area (TPSA) is 80.0 Å². The van der Waals surface area contributed by atoms with Gasteiger partial charge in [-0.25, -0.2) is 14.1 Å². The first kappa shape index (κ1) is 16.6. The zero-order valence-electron chi connectivity index (χ0n) is 13.4.